The van der Waals surface area contributed by atoms with E-state index in [2.05, 4.69) is 41.0 Å². The third-order valence-electron chi connectivity index (χ3n) is 6.78. The molecule has 0 heterocycles. The second kappa shape index (κ2) is 12.2. The molecular weight excluding hydrogens is 476 g/mol. The zero-order chi connectivity index (χ0) is 27.1. The number of carbonyl (C=O) groups is 1. The smallest absolute Gasteiger partial charge is 0.251 e. The average Bonchev–Trinajstić information content (AvgIpc) is 2.92. The molecule has 198 valence electrons. The number of rotatable bonds is 11. The lowest BCUT2D eigenvalue weighted by Crippen LogP contribution is -2.43. The van der Waals surface area contributed by atoms with Crippen LogP contribution < -0.4 is 10.6 Å². The van der Waals surface area contributed by atoms with E-state index in [9.17, 15) is 20.1 Å². The molecule has 0 aromatic heterocycles. The number of amides is 1. The molecule has 0 bridgehead atoms. The highest BCUT2D eigenvalue weighted by Gasteiger charge is 2.21. The van der Waals surface area contributed by atoms with Crippen LogP contribution in [0.5, 0.6) is 5.75 Å². The van der Waals surface area contributed by atoms with Gasteiger partial charge in [0.15, 0.2) is 0 Å². The number of benzene rings is 4. The molecular formula is C32H36N2O4. The van der Waals surface area contributed by atoms with Crippen LogP contribution in [-0.2, 0) is 19.4 Å². The summed E-state index contributed by atoms with van der Waals surface area (Å²) in [6.07, 6.45) is 0.631. The quantitative estimate of drug-likeness (QED) is 0.201. The van der Waals surface area contributed by atoms with Gasteiger partial charge in [0.2, 0.25) is 0 Å². The molecule has 6 heteroatoms. The maximum absolute atomic E-state index is 12.8. The van der Waals surface area contributed by atoms with E-state index >= 15 is 0 Å². The van der Waals surface area contributed by atoms with Crippen molar-refractivity contribution >= 4 is 16.7 Å². The Morgan fingerprint density at radius 1 is 0.895 bits per heavy atom. The van der Waals surface area contributed by atoms with Gasteiger partial charge in [0.05, 0.1) is 12.7 Å². The first kappa shape index (κ1) is 27.3. The Kier molecular flexibility index (Phi) is 8.79. The van der Waals surface area contributed by atoms with Crippen LogP contribution in [0.2, 0.25) is 0 Å². The number of β-amino-alcohol motifs (C(OH)–C–C–N with tert-alkyl or cyclic N) is 1. The van der Waals surface area contributed by atoms with Gasteiger partial charge < -0.3 is 26.0 Å². The first-order valence-electron chi connectivity index (χ1n) is 12.9. The van der Waals surface area contributed by atoms with Gasteiger partial charge in [-0.25, -0.2) is 0 Å². The van der Waals surface area contributed by atoms with Gasteiger partial charge in [-0.1, -0.05) is 60.7 Å². The van der Waals surface area contributed by atoms with Gasteiger partial charge in [0, 0.05) is 29.8 Å². The summed E-state index contributed by atoms with van der Waals surface area (Å²) < 4.78 is 0. The zero-order valence-electron chi connectivity index (χ0n) is 21.9. The molecule has 38 heavy (non-hydrogen) atoms. The van der Waals surface area contributed by atoms with Crippen molar-refractivity contribution < 1.29 is 20.1 Å². The SMILES string of the molecule is CC(C)(Cc1cccc(C(=O)NCCc2ccc3ccccc3c2)c1)NC[C@H](O)c1ccc(O)c(CO)c1. The van der Waals surface area contributed by atoms with Crippen molar-refractivity contribution in [3.63, 3.8) is 0 Å². The van der Waals surface area contributed by atoms with E-state index in [-0.39, 0.29) is 23.8 Å². The van der Waals surface area contributed by atoms with Gasteiger partial charge >= 0.3 is 0 Å². The maximum atomic E-state index is 12.8. The summed E-state index contributed by atoms with van der Waals surface area (Å²) in [5.41, 5.74) is 3.49. The van der Waals surface area contributed by atoms with Crippen molar-refractivity contribution in [1.29, 1.82) is 0 Å². The number of nitrogens with one attached hydrogen (secondary N) is 2. The molecule has 1 amide bonds. The van der Waals surface area contributed by atoms with Gasteiger partial charge in [0.25, 0.3) is 5.91 Å². The third-order valence-corrected chi connectivity index (χ3v) is 6.78. The van der Waals surface area contributed by atoms with E-state index in [1.807, 2.05) is 50.2 Å². The molecule has 1 atom stereocenters. The topological polar surface area (TPSA) is 102 Å². The third kappa shape index (κ3) is 7.19. The molecule has 0 unspecified atom stereocenters. The molecule has 4 rings (SSSR count). The summed E-state index contributed by atoms with van der Waals surface area (Å²) in [4.78, 5) is 12.8. The summed E-state index contributed by atoms with van der Waals surface area (Å²) in [5.74, 6) is -0.0878. The molecule has 5 N–H and O–H groups in total. The number of aromatic hydroxyl groups is 1. The molecule has 6 nitrogen and oxygen atoms in total. The molecule has 0 saturated heterocycles. The van der Waals surface area contributed by atoms with E-state index in [1.165, 1.54) is 22.4 Å². The molecule has 0 fully saturated rings. The van der Waals surface area contributed by atoms with Crippen molar-refractivity contribution in [3.05, 3.63) is 113 Å². The fraction of sp³-hybridized carbons (Fsp3) is 0.281. The molecule has 4 aromatic rings. The molecule has 4 aromatic carbocycles. The van der Waals surface area contributed by atoms with Crippen LogP contribution in [0.15, 0.2) is 84.9 Å². The highest BCUT2D eigenvalue weighted by atomic mass is 16.3. The van der Waals surface area contributed by atoms with Crippen LogP contribution in [-0.4, -0.2) is 39.9 Å². The molecule has 0 radical (unpaired) electrons. The summed E-state index contributed by atoms with van der Waals surface area (Å²) in [7, 11) is 0. The minimum Gasteiger partial charge on any atom is -0.508 e. The van der Waals surface area contributed by atoms with E-state index in [1.54, 1.807) is 12.1 Å². The minimum atomic E-state index is -0.792. The summed E-state index contributed by atoms with van der Waals surface area (Å²) in [5, 5.41) is 38.6. The number of carbonyl (C=O) groups excluding carboxylic acids is 1. The Labute approximate surface area is 224 Å². The van der Waals surface area contributed by atoms with Gasteiger partial charge in [0.1, 0.15) is 5.75 Å². The number of aliphatic hydroxyl groups is 2. The van der Waals surface area contributed by atoms with E-state index in [0.29, 0.717) is 36.2 Å². The van der Waals surface area contributed by atoms with Crippen molar-refractivity contribution in [3.8, 4) is 5.75 Å². The van der Waals surface area contributed by atoms with E-state index in [4.69, 9.17) is 0 Å². The van der Waals surface area contributed by atoms with Crippen LogP contribution in [0, 0.1) is 0 Å². The Morgan fingerprint density at radius 2 is 1.68 bits per heavy atom. The van der Waals surface area contributed by atoms with Gasteiger partial charge in [-0.05, 0) is 78.4 Å². The van der Waals surface area contributed by atoms with Crippen LogP contribution in [0.4, 0.5) is 0 Å². The Bertz CT molecular complexity index is 1400. The summed E-state index contributed by atoms with van der Waals surface area (Å²) in [6, 6.07) is 27.0. The first-order valence-corrected chi connectivity index (χ1v) is 12.9. The Balaban J connectivity index is 1.30. The lowest BCUT2D eigenvalue weighted by molar-refractivity contribution is 0.0954. The predicted octanol–water partition coefficient (Wildman–Crippen LogP) is 4.65. The molecule has 0 aliphatic rings. The lowest BCUT2D eigenvalue weighted by Gasteiger charge is -2.28. The van der Waals surface area contributed by atoms with E-state index in [0.717, 1.165) is 12.0 Å². The fourth-order valence-electron chi connectivity index (χ4n) is 4.64. The molecule has 0 saturated carbocycles. The van der Waals surface area contributed by atoms with Crippen LogP contribution in [0.3, 0.4) is 0 Å². The normalized spacial score (nSPS) is 12.4. The fourth-order valence-corrected chi connectivity index (χ4v) is 4.64. The first-order chi connectivity index (χ1) is 18.2. The van der Waals surface area contributed by atoms with Crippen molar-refractivity contribution in [2.75, 3.05) is 13.1 Å². The number of hydrogen-bond acceptors (Lipinski definition) is 5. The zero-order valence-corrected chi connectivity index (χ0v) is 21.9. The largest absolute Gasteiger partial charge is 0.508 e. The van der Waals surface area contributed by atoms with Gasteiger partial charge in [-0.2, -0.15) is 0 Å². The number of aliphatic hydroxyl groups excluding tert-OH is 2. The maximum Gasteiger partial charge on any atom is 0.251 e. The van der Waals surface area contributed by atoms with Crippen molar-refractivity contribution in [2.45, 2.75) is 44.9 Å². The number of fused-ring (bicyclic) bond motifs is 1. The van der Waals surface area contributed by atoms with Gasteiger partial charge in [-0.15, -0.1) is 0 Å². The van der Waals surface area contributed by atoms with Crippen LogP contribution >= 0.6 is 0 Å². The van der Waals surface area contributed by atoms with Crippen molar-refractivity contribution in [1.82, 2.24) is 10.6 Å². The Hall–Kier alpha value is -3.71. The summed E-state index contributed by atoms with van der Waals surface area (Å²) in [6.45, 7) is 4.66. The van der Waals surface area contributed by atoms with Crippen LogP contribution in [0.25, 0.3) is 10.8 Å². The van der Waals surface area contributed by atoms with Gasteiger partial charge in [-0.3, -0.25) is 4.79 Å². The standard InChI is InChI=1S/C32H36N2O4/c1-32(2,34-20-30(37)26-12-13-29(36)28(18-26)21-35)19-23-6-5-9-27(17-23)31(38)33-15-14-22-10-11-24-7-3-4-8-25(24)16-22/h3-13,16-18,30,34-37H,14-15,19-21H2,1-2H3,(H,33,38)/t30-/m0/s1. The molecule has 0 spiro atoms. The Morgan fingerprint density at radius 3 is 2.47 bits per heavy atom. The number of phenols is 1. The molecule has 0 aliphatic carbocycles. The second-order valence-corrected chi connectivity index (χ2v) is 10.4. The second-order valence-electron chi connectivity index (χ2n) is 10.4. The predicted molar refractivity (Wildman–Crippen MR) is 151 cm³/mol. The number of hydrogen-bond donors (Lipinski definition) is 5. The van der Waals surface area contributed by atoms with Crippen LogP contribution in [0.1, 0.15) is 52.6 Å². The minimum absolute atomic E-state index is 0.00865. The highest BCUT2D eigenvalue weighted by Crippen LogP contribution is 2.23. The monoisotopic (exact) mass is 512 g/mol. The molecule has 0 aliphatic heterocycles. The lowest BCUT2D eigenvalue weighted by atomic mass is 9.93. The average molecular weight is 513 g/mol. The summed E-state index contributed by atoms with van der Waals surface area (Å²) >= 11 is 0. The van der Waals surface area contributed by atoms with E-state index < -0.39 is 6.10 Å². The highest BCUT2D eigenvalue weighted by molar-refractivity contribution is 5.94. The van der Waals surface area contributed by atoms with Crippen molar-refractivity contribution in [2.24, 2.45) is 0 Å².